The number of hydrogen-bond donors (Lipinski definition) is 3. The molecule has 0 bridgehead atoms. The van der Waals surface area contributed by atoms with Gasteiger partial charge < -0.3 is 5.11 Å². The maximum atomic E-state index is 11.7. The van der Waals surface area contributed by atoms with Crippen LogP contribution in [0.5, 0.6) is 0 Å². The van der Waals surface area contributed by atoms with Crippen molar-refractivity contribution in [1.29, 1.82) is 0 Å². The van der Waals surface area contributed by atoms with Gasteiger partial charge in [0.05, 0.1) is 6.20 Å². The Bertz CT molecular complexity index is 387. The van der Waals surface area contributed by atoms with Gasteiger partial charge in [-0.05, 0) is 18.9 Å². The van der Waals surface area contributed by atoms with E-state index < -0.39 is 10.0 Å². The number of nitrogens with zero attached hydrogens (tertiary/aromatic N) is 1. The first-order valence-electron chi connectivity index (χ1n) is 4.60. The van der Waals surface area contributed by atoms with Crippen LogP contribution >= 0.6 is 0 Å². The molecule has 1 aromatic rings. The summed E-state index contributed by atoms with van der Waals surface area (Å²) in [5.41, 5.74) is 0. The van der Waals surface area contributed by atoms with Crippen molar-refractivity contribution < 1.29 is 13.5 Å². The van der Waals surface area contributed by atoms with Crippen molar-refractivity contribution in [3.05, 3.63) is 12.3 Å². The average Bonchev–Trinajstić information content (AvgIpc) is 2.69. The molecule has 0 aliphatic carbocycles. The van der Waals surface area contributed by atoms with Crippen molar-refractivity contribution in [1.82, 2.24) is 14.9 Å². The highest BCUT2D eigenvalue weighted by atomic mass is 32.2. The fourth-order valence-corrected chi connectivity index (χ4v) is 2.24. The van der Waals surface area contributed by atoms with Crippen molar-refractivity contribution in [2.24, 2.45) is 5.92 Å². The number of aromatic nitrogens is 2. The van der Waals surface area contributed by atoms with Crippen LogP contribution < -0.4 is 4.72 Å². The smallest absolute Gasteiger partial charge is 0.257 e. The molecular formula is C8H15N3O3S. The zero-order chi connectivity index (χ0) is 11.5. The molecule has 1 heterocycles. The van der Waals surface area contributed by atoms with E-state index in [0.29, 0.717) is 0 Å². The maximum absolute atomic E-state index is 11.7. The van der Waals surface area contributed by atoms with Gasteiger partial charge in [0.15, 0.2) is 5.03 Å². The molecule has 15 heavy (non-hydrogen) atoms. The maximum Gasteiger partial charge on any atom is 0.257 e. The molecule has 7 heteroatoms. The van der Waals surface area contributed by atoms with Gasteiger partial charge in [-0.1, -0.05) is 6.92 Å². The van der Waals surface area contributed by atoms with Gasteiger partial charge in [-0.2, -0.15) is 5.10 Å². The Morgan fingerprint density at radius 2 is 2.27 bits per heavy atom. The second-order valence-electron chi connectivity index (χ2n) is 3.49. The van der Waals surface area contributed by atoms with E-state index in [4.69, 9.17) is 5.11 Å². The number of rotatable bonds is 5. The molecule has 1 aromatic heterocycles. The molecule has 2 unspecified atom stereocenters. The third-order valence-corrected chi connectivity index (χ3v) is 3.74. The summed E-state index contributed by atoms with van der Waals surface area (Å²) in [5.74, 6) is -0.136. The average molecular weight is 233 g/mol. The summed E-state index contributed by atoms with van der Waals surface area (Å²) in [6, 6.07) is 1.04. The summed E-state index contributed by atoms with van der Waals surface area (Å²) in [7, 11) is -3.55. The lowest BCUT2D eigenvalue weighted by Crippen LogP contribution is -2.38. The molecule has 0 amide bonds. The summed E-state index contributed by atoms with van der Waals surface area (Å²) < 4.78 is 25.8. The Morgan fingerprint density at radius 1 is 1.60 bits per heavy atom. The molecule has 6 nitrogen and oxygen atoms in total. The van der Waals surface area contributed by atoms with E-state index >= 15 is 0 Å². The number of hydrogen-bond acceptors (Lipinski definition) is 4. The highest BCUT2D eigenvalue weighted by Gasteiger charge is 2.21. The minimum atomic E-state index is -3.55. The van der Waals surface area contributed by atoms with Crippen LogP contribution in [0.4, 0.5) is 0 Å². The summed E-state index contributed by atoms with van der Waals surface area (Å²) in [4.78, 5) is 0. The van der Waals surface area contributed by atoms with Gasteiger partial charge >= 0.3 is 0 Å². The first-order valence-corrected chi connectivity index (χ1v) is 6.08. The van der Waals surface area contributed by atoms with Crippen LogP contribution in [0.3, 0.4) is 0 Å². The molecule has 0 fully saturated rings. The van der Waals surface area contributed by atoms with E-state index in [2.05, 4.69) is 14.9 Å². The zero-order valence-electron chi connectivity index (χ0n) is 8.64. The number of nitrogens with one attached hydrogen (secondary N) is 2. The standard InChI is InChI=1S/C8H15N3O3S/c1-6(5-12)7(2)11-15(13,14)8-3-4-9-10-8/h3-4,6-7,11-12H,5H2,1-2H3,(H,9,10). The third-order valence-electron chi connectivity index (χ3n) is 2.25. The van der Waals surface area contributed by atoms with Crippen molar-refractivity contribution in [2.45, 2.75) is 24.9 Å². The monoisotopic (exact) mass is 233 g/mol. The lowest BCUT2D eigenvalue weighted by Gasteiger charge is -2.18. The first-order chi connectivity index (χ1) is 6.97. The van der Waals surface area contributed by atoms with E-state index in [1.165, 1.54) is 12.3 Å². The summed E-state index contributed by atoms with van der Waals surface area (Å²) >= 11 is 0. The number of sulfonamides is 1. The molecule has 86 valence electrons. The van der Waals surface area contributed by atoms with Crippen molar-refractivity contribution in [3.8, 4) is 0 Å². The molecule has 3 N–H and O–H groups in total. The lowest BCUT2D eigenvalue weighted by molar-refractivity contribution is 0.216. The van der Waals surface area contributed by atoms with Crippen LogP contribution in [0.1, 0.15) is 13.8 Å². The van der Waals surface area contributed by atoms with Crippen molar-refractivity contribution >= 4 is 10.0 Å². The SMILES string of the molecule is CC(CO)C(C)NS(=O)(=O)c1ccn[nH]1. The molecule has 1 rings (SSSR count). The van der Waals surface area contributed by atoms with Crippen LogP contribution in [0.2, 0.25) is 0 Å². The minimum absolute atomic E-state index is 0.0273. The second kappa shape index (κ2) is 4.73. The van der Waals surface area contributed by atoms with E-state index in [0.717, 1.165) is 0 Å². The summed E-state index contributed by atoms with van der Waals surface area (Å²) in [6.07, 6.45) is 1.37. The van der Waals surface area contributed by atoms with Gasteiger partial charge in [-0.3, -0.25) is 5.10 Å². The zero-order valence-corrected chi connectivity index (χ0v) is 9.45. The molecule has 0 aliphatic heterocycles. The predicted molar refractivity (Wildman–Crippen MR) is 54.6 cm³/mol. The topological polar surface area (TPSA) is 95.1 Å². The Hall–Kier alpha value is -0.920. The molecule has 0 aliphatic rings. The van der Waals surface area contributed by atoms with Crippen LogP contribution in [0, 0.1) is 5.92 Å². The molecule has 0 saturated carbocycles. The summed E-state index contributed by atoms with van der Waals surface area (Å²) in [5, 5.41) is 14.8. The minimum Gasteiger partial charge on any atom is -0.396 e. The quantitative estimate of drug-likeness (QED) is 0.651. The lowest BCUT2D eigenvalue weighted by atomic mass is 10.1. The largest absolute Gasteiger partial charge is 0.396 e. The van der Waals surface area contributed by atoms with Gasteiger partial charge in [0, 0.05) is 12.6 Å². The van der Waals surface area contributed by atoms with Crippen LogP contribution in [0.15, 0.2) is 17.3 Å². The van der Waals surface area contributed by atoms with Crippen LogP contribution in [0.25, 0.3) is 0 Å². The molecular weight excluding hydrogens is 218 g/mol. The van der Waals surface area contributed by atoms with Gasteiger partial charge in [-0.25, -0.2) is 13.1 Å². The van der Waals surface area contributed by atoms with Crippen molar-refractivity contribution in [2.75, 3.05) is 6.61 Å². The van der Waals surface area contributed by atoms with Crippen LogP contribution in [-0.4, -0.2) is 36.4 Å². The van der Waals surface area contributed by atoms with Gasteiger partial charge in [0.25, 0.3) is 10.0 Å². The van der Waals surface area contributed by atoms with E-state index in [1.54, 1.807) is 13.8 Å². The van der Waals surface area contributed by atoms with Crippen LogP contribution in [-0.2, 0) is 10.0 Å². The molecule has 0 aromatic carbocycles. The Kier molecular flexibility index (Phi) is 3.83. The number of aromatic amines is 1. The molecule has 0 saturated heterocycles. The highest BCUT2D eigenvalue weighted by molar-refractivity contribution is 7.89. The van der Waals surface area contributed by atoms with Gasteiger partial charge in [0.2, 0.25) is 0 Å². The Balaban J connectivity index is 2.74. The van der Waals surface area contributed by atoms with Gasteiger partial charge in [-0.15, -0.1) is 0 Å². The fraction of sp³-hybridized carbons (Fsp3) is 0.625. The van der Waals surface area contributed by atoms with E-state index in [-0.39, 0.29) is 23.6 Å². The highest BCUT2D eigenvalue weighted by Crippen LogP contribution is 2.07. The van der Waals surface area contributed by atoms with E-state index in [9.17, 15) is 8.42 Å². The Morgan fingerprint density at radius 3 is 2.73 bits per heavy atom. The van der Waals surface area contributed by atoms with Crippen molar-refractivity contribution in [3.63, 3.8) is 0 Å². The second-order valence-corrected chi connectivity index (χ2v) is 5.17. The third kappa shape index (κ3) is 3.01. The molecule has 2 atom stereocenters. The first kappa shape index (κ1) is 12.2. The van der Waals surface area contributed by atoms with E-state index in [1.807, 2.05) is 0 Å². The fourth-order valence-electron chi connectivity index (χ4n) is 0.975. The number of aliphatic hydroxyl groups is 1. The van der Waals surface area contributed by atoms with Gasteiger partial charge in [0.1, 0.15) is 0 Å². The predicted octanol–water partition coefficient (Wildman–Crippen LogP) is -0.295. The molecule has 0 spiro atoms. The Labute approximate surface area is 88.8 Å². The number of H-pyrrole nitrogens is 1. The number of aliphatic hydroxyl groups excluding tert-OH is 1. The normalized spacial score (nSPS) is 16.2. The molecule has 0 radical (unpaired) electrons. The summed E-state index contributed by atoms with van der Waals surface area (Å²) in [6.45, 7) is 3.40.